The molecule has 10 heterocycles. The van der Waals surface area contributed by atoms with Crippen LogP contribution in [0.25, 0.3) is 0 Å². The molecule has 222 valence electrons. The minimum atomic E-state index is -0.845. The van der Waals surface area contributed by atoms with E-state index in [1.165, 1.54) is 8.29 Å². The van der Waals surface area contributed by atoms with Crippen LogP contribution in [-0.4, -0.2) is 80.7 Å². The van der Waals surface area contributed by atoms with Gasteiger partial charge in [-0.1, -0.05) is 0 Å². The van der Waals surface area contributed by atoms with Crippen LogP contribution in [0, 0.1) is 12.1 Å². The van der Waals surface area contributed by atoms with Gasteiger partial charge in [-0.05, 0) is 0 Å². The molecule has 2 aromatic rings. The van der Waals surface area contributed by atoms with Crippen molar-refractivity contribution in [1.29, 1.82) is 0 Å². The molecule has 43 heavy (non-hydrogen) atoms. The predicted octanol–water partition coefficient (Wildman–Crippen LogP) is 1.59. The van der Waals surface area contributed by atoms with E-state index in [4.69, 9.17) is 37.9 Å². The first-order valence-corrected chi connectivity index (χ1v) is 16.8. The minimum absolute atomic E-state index is 0.0851. The van der Waals surface area contributed by atoms with Gasteiger partial charge in [0.05, 0.1) is 0 Å². The summed E-state index contributed by atoms with van der Waals surface area (Å²) in [6, 6.07) is 11.2. The molecule has 0 saturated carbocycles. The molecular formula is C30H22N4O8Pt-2. The summed E-state index contributed by atoms with van der Waals surface area (Å²) in [6.07, 6.45) is 0. The molecule has 0 aromatic heterocycles. The fraction of sp³-hybridized carbons (Fsp3) is 0.400. The molecule has 4 atom stereocenters. The Morgan fingerprint density at radius 2 is 0.907 bits per heavy atom. The first kappa shape index (κ1) is 22.5. The predicted molar refractivity (Wildman–Crippen MR) is 139 cm³/mol. The van der Waals surface area contributed by atoms with Crippen molar-refractivity contribution in [2.75, 3.05) is 52.9 Å². The molecule has 6 bridgehead atoms. The molecule has 4 fully saturated rings. The summed E-state index contributed by atoms with van der Waals surface area (Å²) < 4.78 is 53.2. The van der Waals surface area contributed by atoms with Crippen LogP contribution in [0.2, 0.25) is 0 Å². The summed E-state index contributed by atoms with van der Waals surface area (Å²) in [5.74, 6) is 5.98. The van der Waals surface area contributed by atoms with Crippen LogP contribution < -0.4 is 18.9 Å². The van der Waals surface area contributed by atoms with Crippen molar-refractivity contribution < 1.29 is 55.5 Å². The van der Waals surface area contributed by atoms with E-state index in [1.807, 2.05) is 0 Å². The number of benzene rings is 2. The molecule has 0 radical (unpaired) electrons. The monoisotopic (exact) mass is 761 g/mol. The molecule has 0 aliphatic carbocycles. The van der Waals surface area contributed by atoms with Gasteiger partial charge in [0.2, 0.25) is 0 Å². The zero-order chi connectivity index (χ0) is 27.6. The molecule has 4 saturated heterocycles. The van der Waals surface area contributed by atoms with Crippen molar-refractivity contribution in [3.8, 4) is 23.0 Å². The van der Waals surface area contributed by atoms with Crippen molar-refractivity contribution in [3.05, 3.63) is 70.1 Å². The first-order chi connectivity index (χ1) is 21.3. The zero-order valence-electron chi connectivity index (χ0n) is 22.5. The molecule has 12 nitrogen and oxygen atoms in total. The van der Waals surface area contributed by atoms with Crippen LogP contribution in [0.4, 0.5) is 0 Å². The summed E-state index contributed by atoms with van der Waals surface area (Å²) in [4.78, 5) is 9.34. The van der Waals surface area contributed by atoms with E-state index in [1.54, 1.807) is 0 Å². The molecule has 4 unspecified atom stereocenters. The summed E-state index contributed by atoms with van der Waals surface area (Å²) in [7, 11) is 0. The SMILES string of the molecule is [c-]1c2cc3c(c1C1COC4=C5OCC6c7[c-]c(cc8c7OCCO8)C7COC8=C9OCC2N9[C](=[Pt]=[C](N41)N56)N87)OCCO3. The number of fused-ring (bicyclic) bond motifs is 12. The van der Waals surface area contributed by atoms with Gasteiger partial charge < -0.3 is 0 Å². The number of hydrogen-bond acceptors (Lipinski definition) is 12. The van der Waals surface area contributed by atoms with E-state index in [0.29, 0.717) is 52.9 Å². The van der Waals surface area contributed by atoms with Gasteiger partial charge in [0, 0.05) is 0 Å². The standard InChI is InChI=1S/C30H22N4O8.Pt/c1-3-37-25-17-5-15(7-23(25)35-1)19-9-39-27-28-32(13-31(19)27)20(10-40-28)16-6-18(26-24(8-16)36-2-4-38-26)22-12-42-30-29-33(14-34(22)30)21(17)11-41-29;/h7-8,19-22H,1-4,9-12H2;/q-2;. The third kappa shape index (κ3) is 2.58. The maximum absolute atomic E-state index is 6.51. The third-order valence-electron chi connectivity index (χ3n) is 9.50. The average Bonchev–Trinajstić information content (AvgIpc) is 3.87. The number of rotatable bonds is 0. The normalized spacial score (nSPS) is 30.7. The molecule has 0 amide bonds. The van der Waals surface area contributed by atoms with E-state index < -0.39 is 17.6 Å². The molecule has 2 aromatic carbocycles. The Morgan fingerprint density at radius 1 is 0.512 bits per heavy atom. The molecule has 0 spiro atoms. The molecule has 10 aliphatic heterocycles. The van der Waals surface area contributed by atoms with Crippen LogP contribution in [0.5, 0.6) is 23.0 Å². The third-order valence-corrected chi connectivity index (χ3v) is 12.7. The van der Waals surface area contributed by atoms with Gasteiger partial charge >= 0.3 is 253 Å². The summed E-state index contributed by atoms with van der Waals surface area (Å²) >= 11 is -0.845. The van der Waals surface area contributed by atoms with E-state index in [0.717, 1.165) is 68.8 Å². The van der Waals surface area contributed by atoms with Gasteiger partial charge in [0.1, 0.15) is 0 Å². The van der Waals surface area contributed by atoms with Crippen molar-refractivity contribution >= 4 is 8.29 Å². The van der Waals surface area contributed by atoms with Crippen LogP contribution in [0.3, 0.4) is 0 Å². The fourth-order valence-corrected chi connectivity index (χ4v) is 11.5. The van der Waals surface area contributed by atoms with E-state index >= 15 is 0 Å². The van der Waals surface area contributed by atoms with Gasteiger partial charge in [-0.15, -0.1) is 0 Å². The molecule has 10 aliphatic rings. The average molecular weight is 762 g/mol. The van der Waals surface area contributed by atoms with Crippen LogP contribution >= 0.6 is 0 Å². The fourth-order valence-electron chi connectivity index (χ4n) is 7.66. The number of ether oxygens (including phenoxy) is 8. The van der Waals surface area contributed by atoms with Gasteiger partial charge in [-0.3, -0.25) is 0 Å². The summed E-state index contributed by atoms with van der Waals surface area (Å²) in [5, 5.41) is 0. The van der Waals surface area contributed by atoms with Gasteiger partial charge in [0.25, 0.3) is 0 Å². The van der Waals surface area contributed by atoms with Crippen LogP contribution in [-0.2, 0) is 36.6 Å². The van der Waals surface area contributed by atoms with Crippen LogP contribution in [0.1, 0.15) is 46.4 Å². The Kier molecular flexibility index (Phi) is 3.94. The Bertz CT molecular complexity index is 1740. The Balaban J connectivity index is 1.19. The van der Waals surface area contributed by atoms with Gasteiger partial charge in [-0.2, -0.15) is 0 Å². The quantitative estimate of drug-likeness (QED) is 0.366. The van der Waals surface area contributed by atoms with E-state index in [9.17, 15) is 0 Å². The van der Waals surface area contributed by atoms with Crippen LogP contribution in [0.15, 0.2) is 35.7 Å². The van der Waals surface area contributed by atoms with Crippen molar-refractivity contribution in [2.45, 2.75) is 24.2 Å². The molecule has 12 rings (SSSR count). The van der Waals surface area contributed by atoms with Gasteiger partial charge in [-0.25, -0.2) is 0 Å². The Labute approximate surface area is 252 Å². The summed E-state index contributed by atoms with van der Waals surface area (Å²) in [6.45, 7) is 3.92. The topological polar surface area (TPSA) is 86.8 Å². The van der Waals surface area contributed by atoms with E-state index in [-0.39, 0.29) is 24.2 Å². The number of hydrogen-bond donors (Lipinski definition) is 0. The number of nitrogens with zero attached hydrogens (tertiary/aromatic N) is 4. The molecule has 0 N–H and O–H groups in total. The Morgan fingerprint density at radius 3 is 1.37 bits per heavy atom. The second kappa shape index (κ2) is 7.53. The maximum atomic E-state index is 6.51. The van der Waals surface area contributed by atoms with Crippen molar-refractivity contribution in [1.82, 2.24) is 19.6 Å². The molecule has 13 heteroatoms. The van der Waals surface area contributed by atoms with E-state index in [2.05, 4.69) is 43.9 Å². The second-order valence-electron chi connectivity index (χ2n) is 11.6. The summed E-state index contributed by atoms with van der Waals surface area (Å²) in [5.41, 5.74) is 3.89. The zero-order valence-corrected chi connectivity index (χ0v) is 24.8. The first-order valence-electron chi connectivity index (χ1n) is 14.5. The molecular weight excluding hydrogens is 739 g/mol. The second-order valence-corrected chi connectivity index (χ2v) is 14.2. The Hall–Kier alpha value is -4.05. The van der Waals surface area contributed by atoms with Gasteiger partial charge in [0.15, 0.2) is 0 Å². The van der Waals surface area contributed by atoms with Crippen molar-refractivity contribution in [3.63, 3.8) is 0 Å². The van der Waals surface area contributed by atoms with Crippen molar-refractivity contribution in [2.24, 2.45) is 0 Å².